The van der Waals surface area contributed by atoms with E-state index in [0.29, 0.717) is 24.3 Å². The van der Waals surface area contributed by atoms with E-state index >= 15 is 0 Å². The Balaban J connectivity index is 1.53. The van der Waals surface area contributed by atoms with E-state index in [1.54, 1.807) is 18.2 Å². The van der Waals surface area contributed by atoms with Crippen molar-refractivity contribution in [1.29, 1.82) is 0 Å². The van der Waals surface area contributed by atoms with Crippen LogP contribution in [0.5, 0.6) is 5.75 Å². The number of carbonyl (C=O) groups excluding carboxylic acids is 2. The SMILES string of the molecule is COC(=O)[C@H]1Cc2ccccc2CN1C(=O)COc1ccc2c(C)cc(=O)oc2c1. The predicted molar refractivity (Wildman–Crippen MR) is 109 cm³/mol. The summed E-state index contributed by atoms with van der Waals surface area (Å²) in [5.74, 6) is -0.386. The standard InChI is InChI=1S/C23H21NO6/c1-14-9-22(26)30-20-11-17(7-8-18(14)20)29-13-21(25)24-12-16-6-4-3-5-15(16)10-19(24)23(27)28-2/h3-9,11,19H,10,12-13H2,1-2H3/t19-/m1/s1. The van der Waals surface area contributed by atoms with Crippen LogP contribution in [0.4, 0.5) is 0 Å². The van der Waals surface area contributed by atoms with Gasteiger partial charge in [-0.2, -0.15) is 0 Å². The molecular formula is C23H21NO6. The van der Waals surface area contributed by atoms with Gasteiger partial charge in [0.15, 0.2) is 6.61 Å². The van der Waals surface area contributed by atoms with Crippen molar-refractivity contribution in [3.63, 3.8) is 0 Å². The van der Waals surface area contributed by atoms with Crippen molar-refractivity contribution in [1.82, 2.24) is 4.90 Å². The van der Waals surface area contributed by atoms with Gasteiger partial charge in [0.05, 0.1) is 7.11 Å². The predicted octanol–water partition coefficient (Wildman–Crippen LogP) is 2.61. The molecule has 154 valence electrons. The van der Waals surface area contributed by atoms with Gasteiger partial charge >= 0.3 is 11.6 Å². The fourth-order valence-corrected chi connectivity index (χ4v) is 3.75. The molecule has 7 heteroatoms. The molecule has 1 atom stereocenters. The fraction of sp³-hybridized carbons (Fsp3) is 0.261. The number of nitrogens with zero attached hydrogens (tertiary/aromatic N) is 1. The Morgan fingerprint density at radius 1 is 1.13 bits per heavy atom. The van der Waals surface area contributed by atoms with Crippen LogP contribution in [0.25, 0.3) is 11.0 Å². The van der Waals surface area contributed by atoms with Crippen molar-refractivity contribution >= 4 is 22.8 Å². The lowest BCUT2D eigenvalue weighted by atomic mass is 9.94. The number of aryl methyl sites for hydroxylation is 1. The quantitative estimate of drug-likeness (QED) is 0.488. The average Bonchev–Trinajstić information content (AvgIpc) is 2.75. The highest BCUT2D eigenvalue weighted by molar-refractivity contribution is 5.86. The first-order valence-corrected chi connectivity index (χ1v) is 9.57. The number of hydrogen-bond acceptors (Lipinski definition) is 6. The molecule has 0 aliphatic carbocycles. The molecule has 0 spiro atoms. The molecule has 1 amide bonds. The van der Waals surface area contributed by atoms with Crippen molar-refractivity contribution in [3.05, 3.63) is 75.6 Å². The maximum atomic E-state index is 12.9. The molecule has 2 heterocycles. The first-order valence-electron chi connectivity index (χ1n) is 9.57. The second-order valence-corrected chi connectivity index (χ2v) is 7.23. The molecule has 1 aliphatic heterocycles. The minimum Gasteiger partial charge on any atom is -0.484 e. The van der Waals surface area contributed by atoms with Crippen molar-refractivity contribution in [3.8, 4) is 5.75 Å². The third kappa shape index (κ3) is 3.78. The van der Waals surface area contributed by atoms with E-state index < -0.39 is 17.6 Å². The van der Waals surface area contributed by atoms with Gasteiger partial charge in [-0.15, -0.1) is 0 Å². The van der Waals surface area contributed by atoms with E-state index in [1.807, 2.05) is 31.2 Å². The topological polar surface area (TPSA) is 86.0 Å². The van der Waals surface area contributed by atoms with Crippen LogP contribution in [0.3, 0.4) is 0 Å². The Morgan fingerprint density at radius 3 is 2.67 bits per heavy atom. The van der Waals surface area contributed by atoms with Crippen LogP contribution in [0.1, 0.15) is 16.7 Å². The normalized spacial score (nSPS) is 15.5. The molecule has 30 heavy (non-hydrogen) atoms. The Hall–Kier alpha value is -3.61. The third-order valence-corrected chi connectivity index (χ3v) is 5.33. The number of hydrogen-bond donors (Lipinski definition) is 0. The summed E-state index contributed by atoms with van der Waals surface area (Å²) >= 11 is 0. The van der Waals surface area contributed by atoms with Gasteiger partial charge in [0.25, 0.3) is 5.91 Å². The van der Waals surface area contributed by atoms with E-state index in [1.165, 1.54) is 18.1 Å². The van der Waals surface area contributed by atoms with Crippen LogP contribution in [0.2, 0.25) is 0 Å². The number of rotatable bonds is 4. The van der Waals surface area contributed by atoms with E-state index in [-0.39, 0.29) is 12.5 Å². The minimum atomic E-state index is -0.696. The van der Waals surface area contributed by atoms with Crippen LogP contribution in [0.15, 0.2) is 57.7 Å². The van der Waals surface area contributed by atoms with Gasteiger partial charge in [-0.3, -0.25) is 4.79 Å². The lowest BCUT2D eigenvalue weighted by Crippen LogP contribution is -2.50. The van der Waals surface area contributed by atoms with Gasteiger partial charge in [-0.05, 0) is 35.7 Å². The lowest BCUT2D eigenvalue weighted by Gasteiger charge is -2.35. The zero-order chi connectivity index (χ0) is 21.3. The highest BCUT2D eigenvalue weighted by Crippen LogP contribution is 2.25. The van der Waals surface area contributed by atoms with Gasteiger partial charge in [0.2, 0.25) is 0 Å². The summed E-state index contributed by atoms with van der Waals surface area (Å²) in [7, 11) is 1.31. The largest absolute Gasteiger partial charge is 0.484 e. The number of benzene rings is 2. The Morgan fingerprint density at radius 2 is 1.90 bits per heavy atom. The molecule has 1 aromatic heterocycles. The van der Waals surface area contributed by atoms with Crippen molar-refractivity contribution in [2.45, 2.75) is 25.9 Å². The van der Waals surface area contributed by atoms with Gasteiger partial charge < -0.3 is 18.8 Å². The van der Waals surface area contributed by atoms with E-state index in [2.05, 4.69) is 0 Å². The zero-order valence-corrected chi connectivity index (χ0v) is 16.7. The summed E-state index contributed by atoms with van der Waals surface area (Å²) in [4.78, 5) is 38.3. The molecule has 0 saturated heterocycles. The Kier molecular flexibility index (Phi) is 5.27. The molecular weight excluding hydrogens is 386 g/mol. The molecule has 3 aromatic rings. The number of esters is 1. The van der Waals surface area contributed by atoms with E-state index in [9.17, 15) is 14.4 Å². The van der Waals surface area contributed by atoms with Crippen LogP contribution in [0, 0.1) is 6.92 Å². The van der Waals surface area contributed by atoms with Crippen LogP contribution >= 0.6 is 0 Å². The fourth-order valence-electron chi connectivity index (χ4n) is 3.75. The first kappa shape index (κ1) is 19.7. The number of carbonyl (C=O) groups is 2. The highest BCUT2D eigenvalue weighted by atomic mass is 16.5. The van der Waals surface area contributed by atoms with Crippen LogP contribution in [-0.2, 0) is 27.3 Å². The summed E-state index contributed by atoms with van der Waals surface area (Å²) in [6, 6.07) is 13.5. The van der Waals surface area contributed by atoms with Gasteiger partial charge in [0.1, 0.15) is 17.4 Å². The summed E-state index contributed by atoms with van der Waals surface area (Å²) in [6.07, 6.45) is 0.398. The van der Waals surface area contributed by atoms with Crippen LogP contribution < -0.4 is 10.4 Å². The highest BCUT2D eigenvalue weighted by Gasteiger charge is 2.35. The second-order valence-electron chi connectivity index (χ2n) is 7.23. The van der Waals surface area contributed by atoms with E-state index in [4.69, 9.17) is 13.9 Å². The molecule has 0 fully saturated rings. The second kappa shape index (κ2) is 8.02. The minimum absolute atomic E-state index is 0.253. The Labute approximate surface area is 172 Å². The average molecular weight is 407 g/mol. The summed E-state index contributed by atoms with van der Waals surface area (Å²) in [5, 5.41) is 0.798. The van der Waals surface area contributed by atoms with Gasteiger partial charge in [-0.25, -0.2) is 9.59 Å². The molecule has 1 aliphatic rings. The molecule has 0 radical (unpaired) electrons. The van der Waals surface area contributed by atoms with Crippen LogP contribution in [-0.4, -0.2) is 36.5 Å². The number of amides is 1. The van der Waals surface area contributed by atoms with Crippen molar-refractivity contribution in [2.75, 3.05) is 13.7 Å². The molecule has 0 saturated carbocycles. The maximum absolute atomic E-state index is 12.9. The molecule has 0 unspecified atom stereocenters. The summed E-state index contributed by atoms with van der Waals surface area (Å²) in [6.45, 7) is 1.88. The molecule has 0 N–H and O–H groups in total. The van der Waals surface area contributed by atoms with Gasteiger partial charge in [-0.1, -0.05) is 24.3 Å². The molecule has 2 aromatic carbocycles. The van der Waals surface area contributed by atoms with Gasteiger partial charge in [0, 0.05) is 30.5 Å². The lowest BCUT2D eigenvalue weighted by molar-refractivity contribution is -0.154. The van der Waals surface area contributed by atoms with E-state index in [0.717, 1.165) is 22.1 Å². The maximum Gasteiger partial charge on any atom is 0.336 e. The number of methoxy groups -OCH3 is 1. The summed E-state index contributed by atoms with van der Waals surface area (Å²) in [5.41, 5.74) is 2.77. The monoisotopic (exact) mass is 407 g/mol. The Bertz CT molecular complexity index is 1180. The smallest absolute Gasteiger partial charge is 0.336 e. The van der Waals surface area contributed by atoms with Crippen molar-refractivity contribution in [2.24, 2.45) is 0 Å². The molecule has 7 nitrogen and oxygen atoms in total. The number of ether oxygens (including phenoxy) is 2. The molecule has 4 rings (SSSR count). The zero-order valence-electron chi connectivity index (χ0n) is 16.7. The molecule has 0 bridgehead atoms. The first-order chi connectivity index (χ1) is 14.5. The third-order valence-electron chi connectivity index (χ3n) is 5.33. The summed E-state index contributed by atoms with van der Waals surface area (Å²) < 4.78 is 15.8. The van der Waals surface area contributed by atoms with Crippen molar-refractivity contribution < 1.29 is 23.5 Å². The number of fused-ring (bicyclic) bond motifs is 2.